The Labute approximate surface area is 139 Å². The van der Waals surface area contributed by atoms with Crippen molar-refractivity contribution in [2.24, 2.45) is 5.73 Å². The minimum Gasteiger partial charge on any atom is -0.491 e. The van der Waals surface area contributed by atoms with Gasteiger partial charge in [-0.3, -0.25) is 4.79 Å². The SMILES string of the molecule is CCOc1c(Br)cc(Cl)cc1NC(=O)c1csc(CN)n1. The van der Waals surface area contributed by atoms with Crippen LogP contribution in [0, 0.1) is 0 Å². The fraction of sp³-hybridized carbons (Fsp3) is 0.231. The first-order valence-corrected chi connectivity index (χ1v) is 8.17. The second-order valence-corrected chi connectivity index (χ2v) is 6.22. The lowest BCUT2D eigenvalue weighted by Gasteiger charge is -2.13. The number of hydrogen-bond donors (Lipinski definition) is 2. The van der Waals surface area contributed by atoms with Crippen LogP contribution < -0.4 is 15.8 Å². The molecule has 112 valence electrons. The molecule has 0 aliphatic rings. The molecule has 0 saturated heterocycles. The first-order chi connectivity index (χ1) is 10.0. The van der Waals surface area contributed by atoms with Crippen molar-refractivity contribution in [1.29, 1.82) is 0 Å². The van der Waals surface area contributed by atoms with Crippen molar-refractivity contribution in [2.75, 3.05) is 11.9 Å². The number of rotatable bonds is 5. The zero-order valence-electron chi connectivity index (χ0n) is 11.2. The lowest BCUT2D eigenvalue weighted by molar-refractivity contribution is 0.102. The summed E-state index contributed by atoms with van der Waals surface area (Å²) in [5, 5.41) is 5.61. The molecule has 5 nitrogen and oxygen atoms in total. The molecule has 1 aromatic heterocycles. The lowest BCUT2D eigenvalue weighted by Crippen LogP contribution is -2.14. The highest BCUT2D eigenvalue weighted by atomic mass is 79.9. The molecule has 0 unspecified atom stereocenters. The molecule has 0 atom stereocenters. The predicted octanol–water partition coefficient (Wildman–Crippen LogP) is 3.67. The van der Waals surface area contributed by atoms with Crippen molar-refractivity contribution in [1.82, 2.24) is 4.98 Å². The summed E-state index contributed by atoms with van der Waals surface area (Å²) in [6.45, 7) is 2.64. The third-order valence-corrected chi connectivity index (χ3v) is 4.18. The number of ether oxygens (including phenoxy) is 1. The summed E-state index contributed by atoms with van der Waals surface area (Å²) < 4.78 is 6.20. The summed E-state index contributed by atoms with van der Waals surface area (Å²) in [5.74, 6) is 0.200. The van der Waals surface area contributed by atoms with E-state index in [1.54, 1.807) is 17.5 Å². The van der Waals surface area contributed by atoms with Gasteiger partial charge in [-0.2, -0.15) is 0 Å². The highest BCUT2D eigenvalue weighted by Gasteiger charge is 2.16. The van der Waals surface area contributed by atoms with Crippen molar-refractivity contribution < 1.29 is 9.53 Å². The van der Waals surface area contributed by atoms with Crippen LogP contribution in [0.3, 0.4) is 0 Å². The van der Waals surface area contributed by atoms with E-state index < -0.39 is 0 Å². The van der Waals surface area contributed by atoms with Crippen LogP contribution in [0.5, 0.6) is 5.75 Å². The van der Waals surface area contributed by atoms with E-state index in [9.17, 15) is 4.79 Å². The molecule has 21 heavy (non-hydrogen) atoms. The summed E-state index contributed by atoms with van der Waals surface area (Å²) in [5.41, 5.74) is 6.30. The average Bonchev–Trinajstić information content (AvgIpc) is 2.91. The molecule has 1 aromatic carbocycles. The van der Waals surface area contributed by atoms with Crippen molar-refractivity contribution in [3.05, 3.63) is 37.7 Å². The number of nitrogens with zero attached hydrogens (tertiary/aromatic N) is 1. The first kappa shape index (κ1) is 16.2. The molecule has 1 amide bonds. The number of benzene rings is 1. The van der Waals surface area contributed by atoms with Crippen LogP contribution in [0.4, 0.5) is 5.69 Å². The zero-order valence-corrected chi connectivity index (χ0v) is 14.3. The fourth-order valence-electron chi connectivity index (χ4n) is 1.64. The Morgan fingerprint density at radius 1 is 1.57 bits per heavy atom. The number of amides is 1. The number of anilines is 1. The van der Waals surface area contributed by atoms with Crippen LogP contribution in [-0.2, 0) is 6.54 Å². The molecule has 8 heteroatoms. The summed E-state index contributed by atoms with van der Waals surface area (Å²) in [4.78, 5) is 16.3. The van der Waals surface area contributed by atoms with Crippen molar-refractivity contribution >= 4 is 50.5 Å². The molecule has 3 N–H and O–H groups in total. The molecule has 0 spiro atoms. The molecule has 2 rings (SSSR count). The largest absolute Gasteiger partial charge is 0.491 e. The first-order valence-electron chi connectivity index (χ1n) is 6.12. The molecular formula is C13H13BrClN3O2S. The number of halogens is 2. The van der Waals surface area contributed by atoms with Gasteiger partial charge in [-0.15, -0.1) is 11.3 Å². The van der Waals surface area contributed by atoms with E-state index in [1.165, 1.54) is 11.3 Å². The number of thiazole rings is 1. The van der Waals surface area contributed by atoms with E-state index in [4.69, 9.17) is 22.1 Å². The van der Waals surface area contributed by atoms with Crippen LogP contribution in [0.15, 0.2) is 22.0 Å². The number of nitrogens with one attached hydrogen (secondary N) is 1. The van der Waals surface area contributed by atoms with Crippen molar-refractivity contribution in [3.63, 3.8) is 0 Å². The normalized spacial score (nSPS) is 10.5. The fourth-order valence-corrected chi connectivity index (χ4v) is 3.22. The molecule has 0 saturated carbocycles. The van der Waals surface area contributed by atoms with Gasteiger partial charge in [0.25, 0.3) is 5.91 Å². The van der Waals surface area contributed by atoms with Gasteiger partial charge >= 0.3 is 0 Å². The monoisotopic (exact) mass is 389 g/mol. The summed E-state index contributed by atoms with van der Waals surface area (Å²) in [7, 11) is 0. The van der Waals surface area contributed by atoms with E-state index in [2.05, 4.69) is 26.2 Å². The predicted molar refractivity (Wildman–Crippen MR) is 88.3 cm³/mol. The molecule has 0 radical (unpaired) electrons. The Morgan fingerprint density at radius 2 is 2.33 bits per heavy atom. The van der Waals surface area contributed by atoms with Gasteiger partial charge in [0.2, 0.25) is 0 Å². The summed E-state index contributed by atoms with van der Waals surface area (Å²) in [6.07, 6.45) is 0. The van der Waals surface area contributed by atoms with Crippen molar-refractivity contribution in [3.8, 4) is 5.75 Å². The van der Waals surface area contributed by atoms with Crippen LogP contribution in [-0.4, -0.2) is 17.5 Å². The number of aromatic nitrogens is 1. The average molecular weight is 391 g/mol. The standard InChI is InChI=1S/C13H13BrClN3O2S/c1-2-20-12-8(14)3-7(15)4-9(12)18-13(19)10-6-21-11(5-16)17-10/h3-4,6H,2,5,16H2,1H3,(H,18,19). The van der Waals surface area contributed by atoms with Gasteiger partial charge in [-0.05, 0) is 35.0 Å². The molecule has 0 fully saturated rings. The molecular weight excluding hydrogens is 378 g/mol. The van der Waals surface area contributed by atoms with E-state index in [1.807, 2.05) is 6.92 Å². The van der Waals surface area contributed by atoms with Gasteiger partial charge < -0.3 is 15.8 Å². The van der Waals surface area contributed by atoms with Gasteiger partial charge in [0.05, 0.1) is 16.8 Å². The zero-order chi connectivity index (χ0) is 15.4. The number of carbonyl (C=O) groups is 1. The topological polar surface area (TPSA) is 77.2 Å². The maximum Gasteiger partial charge on any atom is 0.275 e. The van der Waals surface area contributed by atoms with E-state index in [-0.39, 0.29) is 5.91 Å². The minimum absolute atomic E-state index is 0.310. The van der Waals surface area contributed by atoms with Crippen LogP contribution in [0.2, 0.25) is 5.02 Å². The van der Waals surface area contributed by atoms with E-state index in [0.29, 0.717) is 44.8 Å². The van der Waals surface area contributed by atoms with Crippen LogP contribution in [0.1, 0.15) is 22.4 Å². The van der Waals surface area contributed by atoms with Crippen LogP contribution in [0.25, 0.3) is 0 Å². The summed E-state index contributed by atoms with van der Waals surface area (Å²) >= 11 is 10.7. The third kappa shape index (κ3) is 3.94. The Bertz CT molecular complexity index is 663. The van der Waals surface area contributed by atoms with Crippen molar-refractivity contribution in [2.45, 2.75) is 13.5 Å². The maximum absolute atomic E-state index is 12.2. The van der Waals surface area contributed by atoms with Gasteiger partial charge in [0.1, 0.15) is 10.7 Å². The molecule has 1 heterocycles. The lowest BCUT2D eigenvalue weighted by atomic mass is 10.2. The Hall–Kier alpha value is -1.15. The van der Waals surface area contributed by atoms with Gasteiger partial charge in [-0.1, -0.05) is 11.6 Å². The second kappa shape index (κ2) is 7.22. The molecule has 0 aliphatic heterocycles. The third-order valence-electron chi connectivity index (χ3n) is 2.50. The highest BCUT2D eigenvalue weighted by molar-refractivity contribution is 9.10. The molecule has 0 bridgehead atoms. The Morgan fingerprint density at radius 3 is 2.95 bits per heavy atom. The number of nitrogens with two attached hydrogens (primary N) is 1. The highest BCUT2D eigenvalue weighted by Crippen LogP contribution is 2.36. The van der Waals surface area contributed by atoms with Gasteiger partial charge in [0, 0.05) is 16.9 Å². The minimum atomic E-state index is -0.332. The second-order valence-electron chi connectivity index (χ2n) is 3.98. The Balaban J connectivity index is 2.27. The molecule has 0 aliphatic carbocycles. The maximum atomic E-state index is 12.2. The van der Waals surface area contributed by atoms with Gasteiger partial charge in [-0.25, -0.2) is 4.98 Å². The van der Waals surface area contributed by atoms with E-state index >= 15 is 0 Å². The quantitative estimate of drug-likeness (QED) is 0.816. The number of hydrogen-bond acceptors (Lipinski definition) is 5. The smallest absolute Gasteiger partial charge is 0.275 e. The Kier molecular flexibility index (Phi) is 5.58. The van der Waals surface area contributed by atoms with Crippen LogP contribution >= 0.6 is 38.9 Å². The summed E-state index contributed by atoms with van der Waals surface area (Å²) in [6, 6.07) is 3.34. The number of carbonyl (C=O) groups excluding carboxylic acids is 1. The van der Waals surface area contributed by atoms with Gasteiger partial charge in [0.15, 0.2) is 5.75 Å². The van der Waals surface area contributed by atoms with E-state index in [0.717, 1.165) is 0 Å². The molecule has 2 aromatic rings.